The summed E-state index contributed by atoms with van der Waals surface area (Å²) in [5.41, 5.74) is 9.72. The molecule has 2 aromatic carbocycles. The number of carbonyl (C=O) groups is 1. The maximum Gasteiger partial charge on any atom is 0.224 e. The lowest BCUT2D eigenvalue weighted by Gasteiger charge is -2.10. The fourth-order valence-electron chi connectivity index (χ4n) is 2.21. The number of carbonyl (C=O) groups excluding carboxylic acids is 1. The first kappa shape index (κ1) is 18.1. The van der Waals surface area contributed by atoms with Crippen molar-refractivity contribution in [1.29, 1.82) is 0 Å². The van der Waals surface area contributed by atoms with E-state index in [0.29, 0.717) is 18.8 Å². The second-order valence-electron chi connectivity index (χ2n) is 5.53. The lowest BCUT2D eigenvalue weighted by atomic mass is 10.0. The summed E-state index contributed by atoms with van der Waals surface area (Å²) < 4.78 is 0. The Bertz CT molecular complexity index is 626. The van der Waals surface area contributed by atoms with Gasteiger partial charge in [-0.15, -0.1) is 12.4 Å². The Morgan fingerprint density at radius 3 is 2.55 bits per heavy atom. The van der Waals surface area contributed by atoms with Gasteiger partial charge in [0.05, 0.1) is 0 Å². The highest BCUT2D eigenvalue weighted by Gasteiger charge is 2.06. The number of nitrogens with two attached hydrogens (primary N) is 1. The first-order chi connectivity index (χ1) is 10.1. The molecule has 0 bridgehead atoms. The van der Waals surface area contributed by atoms with Crippen molar-refractivity contribution in [2.45, 2.75) is 32.6 Å². The van der Waals surface area contributed by atoms with Gasteiger partial charge < -0.3 is 11.1 Å². The maximum absolute atomic E-state index is 12.0. The third kappa shape index (κ3) is 5.08. The number of aryl methyl sites for hydroxylation is 1. The minimum absolute atomic E-state index is 0. The van der Waals surface area contributed by atoms with Crippen LogP contribution >= 0.6 is 12.4 Å². The fourth-order valence-corrected chi connectivity index (χ4v) is 2.21. The van der Waals surface area contributed by atoms with Crippen molar-refractivity contribution >= 4 is 29.7 Å². The molecule has 0 saturated heterocycles. The summed E-state index contributed by atoms with van der Waals surface area (Å²) >= 11 is 0. The van der Waals surface area contributed by atoms with Crippen molar-refractivity contribution in [3.63, 3.8) is 0 Å². The number of amides is 1. The third-order valence-electron chi connectivity index (χ3n) is 3.51. The number of nitrogen functional groups attached to an aromatic ring is 1. The predicted molar refractivity (Wildman–Crippen MR) is 95.6 cm³/mol. The van der Waals surface area contributed by atoms with Crippen molar-refractivity contribution in [3.05, 3.63) is 59.7 Å². The van der Waals surface area contributed by atoms with Gasteiger partial charge in [0.1, 0.15) is 0 Å². The SMILES string of the molecule is CC(C)c1cccc(NC(=O)CCc2ccccc2N)c1.Cl. The molecule has 0 radical (unpaired) electrons. The monoisotopic (exact) mass is 318 g/mol. The van der Waals surface area contributed by atoms with E-state index < -0.39 is 0 Å². The second-order valence-corrected chi connectivity index (χ2v) is 5.53. The van der Waals surface area contributed by atoms with E-state index in [1.54, 1.807) is 0 Å². The summed E-state index contributed by atoms with van der Waals surface area (Å²) in [4.78, 5) is 12.0. The van der Waals surface area contributed by atoms with Crippen LogP contribution in [0.15, 0.2) is 48.5 Å². The van der Waals surface area contributed by atoms with Gasteiger partial charge in [0, 0.05) is 17.8 Å². The van der Waals surface area contributed by atoms with E-state index in [1.165, 1.54) is 5.56 Å². The first-order valence-corrected chi connectivity index (χ1v) is 7.29. The van der Waals surface area contributed by atoms with Crippen LogP contribution in [0.4, 0.5) is 11.4 Å². The van der Waals surface area contributed by atoms with Crippen LogP contribution in [0.5, 0.6) is 0 Å². The van der Waals surface area contributed by atoms with Gasteiger partial charge in [-0.25, -0.2) is 0 Å². The normalized spacial score (nSPS) is 10.1. The predicted octanol–water partition coefficient (Wildman–Crippen LogP) is 4.39. The van der Waals surface area contributed by atoms with Crippen LogP contribution < -0.4 is 11.1 Å². The molecule has 118 valence electrons. The molecule has 0 saturated carbocycles. The van der Waals surface area contributed by atoms with Crippen molar-refractivity contribution in [2.75, 3.05) is 11.1 Å². The molecule has 0 aliphatic heterocycles. The summed E-state index contributed by atoms with van der Waals surface area (Å²) in [6.45, 7) is 4.28. The Hall–Kier alpha value is -2.00. The van der Waals surface area contributed by atoms with E-state index in [0.717, 1.165) is 16.9 Å². The molecule has 0 unspecified atom stereocenters. The van der Waals surface area contributed by atoms with E-state index in [1.807, 2.05) is 42.5 Å². The van der Waals surface area contributed by atoms with Gasteiger partial charge in [0.25, 0.3) is 0 Å². The van der Waals surface area contributed by atoms with Gasteiger partial charge in [-0.1, -0.05) is 44.2 Å². The first-order valence-electron chi connectivity index (χ1n) is 7.29. The van der Waals surface area contributed by atoms with Gasteiger partial charge in [-0.2, -0.15) is 0 Å². The molecule has 0 heterocycles. The Morgan fingerprint density at radius 2 is 1.86 bits per heavy atom. The van der Waals surface area contributed by atoms with Gasteiger partial charge in [-0.3, -0.25) is 4.79 Å². The number of anilines is 2. The second kappa shape index (κ2) is 8.44. The van der Waals surface area contributed by atoms with E-state index in [2.05, 4.69) is 25.2 Å². The van der Waals surface area contributed by atoms with Crippen molar-refractivity contribution < 1.29 is 4.79 Å². The number of nitrogens with one attached hydrogen (secondary N) is 1. The minimum Gasteiger partial charge on any atom is -0.399 e. The molecular weight excluding hydrogens is 296 g/mol. The quantitative estimate of drug-likeness (QED) is 0.803. The summed E-state index contributed by atoms with van der Waals surface area (Å²) in [5, 5.41) is 2.95. The smallest absolute Gasteiger partial charge is 0.224 e. The lowest BCUT2D eigenvalue weighted by molar-refractivity contribution is -0.116. The molecule has 4 heteroatoms. The van der Waals surface area contributed by atoms with E-state index >= 15 is 0 Å². The van der Waals surface area contributed by atoms with Crippen molar-refractivity contribution in [2.24, 2.45) is 0 Å². The average Bonchev–Trinajstić information content (AvgIpc) is 2.46. The molecule has 3 nitrogen and oxygen atoms in total. The van der Waals surface area contributed by atoms with Crippen LogP contribution in [0.2, 0.25) is 0 Å². The Morgan fingerprint density at radius 1 is 1.14 bits per heavy atom. The molecule has 0 spiro atoms. The van der Waals surface area contributed by atoms with Crippen LogP contribution in [0, 0.1) is 0 Å². The Kier molecular flexibility index (Phi) is 6.93. The summed E-state index contributed by atoms with van der Waals surface area (Å²) in [7, 11) is 0. The van der Waals surface area contributed by atoms with Crippen LogP contribution in [-0.4, -0.2) is 5.91 Å². The number of hydrogen-bond donors (Lipinski definition) is 2. The number of hydrogen-bond acceptors (Lipinski definition) is 2. The molecule has 0 aliphatic carbocycles. The molecule has 0 aliphatic rings. The Balaban J connectivity index is 0.00000242. The highest BCUT2D eigenvalue weighted by atomic mass is 35.5. The lowest BCUT2D eigenvalue weighted by Crippen LogP contribution is -2.13. The molecule has 22 heavy (non-hydrogen) atoms. The third-order valence-corrected chi connectivity index (χ3v) is 3.51. The molecule has 3 N–H and O–H groups in total. The van der Waals surface area contributed by atoms with Crippen LogP contribution in [-0.2, 0) is 11.2 Å². The molecular formula is C18H23ClN2O. The van der Waals surface area contributed by atoms with Crippen LogP contribution in [0.1, 0.15) is 37.3 Å². The van der Waals surface area contributed by atoms with Crippen LogP contribution in [0.3, 0.4) is 0 Å². The van der Waals surface area contributed by atoms with Gasteiger partial charge in [-0.05, 0) is 41.7 Å². The topological polar surface area (TPSA) is 55.1 Å². The highest BCUT2D eigenvalue weighted by Crippen LogP contribution is 2.19. The molecule has 0 fully saturated rings. The average molecular weight is 319 g/mol. The summed E-state index contributed by atoms with van der Waals surface area (Å²) in [6.07, 6.45) is 1.09. The van der Waals surface area contributed by atoms with Gasteiger partial charge >= 0.3 is 0 Å². The van der Waals surface area contributed by atoms with E-state index in [9.17, 15) is 4.79 Å². The molecule has 2 aromatic rings. The fraction of sp³-hybridized carbons (Fsp3) is 0.278. The van der Waals surface area contributed by atoms with E-state index in [-0.39, 0.29) is 18.3 Å². The zero-order valence-corrected chi connectivity index (χ0v) is 13.8. The zero-order valence-electron chi connectivity index (χ0n) is 13.0. The number of halogens is 1. The number of benzene rings is 2. The largest absolute Gasteiger partial charge is 0.399 e. The Labute approximate surface area is 138 Å². The number of rotatable bonds is 5. The molecule has 2 rings (SSSR count). The van der Waals surface area contributed by atoms with Crippen molar-refractivity contribution in [3.8, 4) is 0 Å². The summed E-state index contributed by atoms with van der Waals surface area (Å²) in [6, 6.07) is 15.7. The van der Waals surface area contributed by atoms with Gasteiger partial charge in [0.2, 0.25) is 5.91 Å². The minimum atomic E-state index is 0. The van der Waals surface area contributed by atoms with Crippen LogP contribution in [0.25, 0.3) is 0 Å². The van der Waals surface area contributed by atoms with Gasteiger partial charge in [0.15, 0.2) is 0 Å². The maximum atomic E-state index is 12.0. The molecule has 0 aromatic heterocycles. The number of para-hydroxylation sites is 1. The zero-order chi connectivity index (χ0) is 15.2. The van der Waals surface area contributed by atoms with Crippen molar-refractivity contribution in [1.82, 2.24) is 0 Å². The highest BCUT2D eigenvalue weighted by molar-refractivity contribution is 5.91. The summed E-state index contributed by atoms with van der Waals surface area (Å²) in [5.74, 6) is 0.463. The van der Waals surface area contributed by atoms with E-state index in [4.69, 9.17) is 5.73 Å². The molecule has 1 amide bonds. The standard InChI is InChI=1S/C18H22N2O.ClH/c1-13(2)15-7-5-8-16(12-15)20-18(21)11-10-14-6-3-4-9-17(14)19;/h3-9,12-13H,10-11,19H2,1-2H3,(H,20,21);1H. The molecule has 0 atom stereocenters.